The first kappa shape index (κ1) is 23.8. The zero-order chi connectivity index (χ0) is 25.6. The summed E-state index contributed by atoms with van der Waals surface area (Å²) in [5.74, 6) is -0.308. The van der Waals surface area contributed by atoms with Crippen LogP contribution in [0, 0.1) is 40.9 Å². The minimum atomic E-state index is -1.33. The summed E-state index contributed by atoms with van der Waals surface area (Å²) < 4.78 is 75.1. The smallest absolute Gasteiger partial charge is 0.175 e. The Hall–Kier alpha value is -3.91. The van der Waals surface area contributed by atoms with E-state index in [2.05, 4.69) is 11.8 Å². The molecule has 0 N–H and O–H groups in total. The predicted octanol–water partition coefficient (Wildman–Crippen LogP) is 8.14. The van der Waals surface area contributed by atoms with Gasteiger partial charge in [0.05, 0.1) is 5.56 Å². The molecule has 1 aliphatic rings. The Kier molecular flexibility index (Phi) is 6.14. The highest BCUT2D eigenvalue weighted by Gasteiger charge is 2.32. The molecule has 0 amide bonds. The van der Waals surface area contributed by atoms with Crippen molar-refractivity contribution in [3.05, 3.63) is 117 Å². The minimum Gasteiger partial charge on any atom is -0.206 e. The van der Waals surface area contributed by atoms with Gasteiger partial charge in [0.15, 0.2) is 23.3 Å². The Morgan fingerprint density at radius 2 is 1.22 bits per heavy atom. The average molecular weight is 488 g/mol. The Morgan fingerprint density at radius 1 is 0.611 bits per heavy atom. The van der Waals surface area contributed by atoms with Crippen molar-refractivity contribution in [3.63, 3.8) is 0 Å². The molecule has 0 nitrogen and oxygen atoms in total. The molecule has 0 fully saturated rings. The third-order valence-corrected chi connectivity index (χ3v) is 6.64. The molecule has 4 aromatic rings. The summed E-state index contributed by atoms with van der Waals surface area (Å²) in [6, 6.07) is 14.4. The molecular weight excluding hydrogens is 467 g/mol. The molecule has 0 bridgehead atoms. The van der Waals surface area contributed by atoms with Crippen LogP contribution in [0.2, 0.25) is 0 Å². The second kappa shape index (κ2) is 9.28. The standard InChI is InChI=1S/C31H21F5/c1-3-17-5-7-19(8-6-17)9-11-20-14-21-15-22-16-24(23-12-10-18(4-2)13-25(23)32)29(34)31(36)27(22)26(21)30(35)28(20)33/h5-8,10,12-14,16H,3-4,15H2,1-2H3. The molecule has 0 heterocycles. The summed E-state index contributed by atoms with van der Waals surface area (Å²) in [5.41, 5.74) is 1.90. The fourth-order valence-electron chi connectivity index (χ4n) is 4.63. The van der Waals surface area contributed by atoms with E-state index >= 15 is 13.2 Å². The monoisotopic (exact) mass is 488 g/mol. The molecule has 0 spiro atoms. The number of benzene rings is 4. The summed E-state index contributed by atoms with van der Waals surface area (Å²) >= 11 is 0. The van der Waals surface area contributed by atoms with Crippen LogP contribution in [-0.4, -0.2) is 0 Å². The number of fused-ring (bicyclic) bond motifs is 3. The lowest BCUT2D eigenvalue weighted by Crippen LogP contribution is -2.00. The maximum atomic E-state index is 15.2. The van der Waals surface area contributed by atoms with Crippen molar-refractivity contribution < 1.29 is 22.0 Å². The van der Waals surface area contributed by atoms with Crippen LogP contribution < -0.4 is 0 Å². The lowest BCUT2D eigenvalue weighted by Gasteiger charge is -2.12. The second-order valence-electron chi connectivity index (χ2n) is 8.82. The van der Waals surface area contributed by atoms with Gasteiger partial charge in [-0.25, -0.2) is 22.0 Å². The molecule has 1 aliphatic carbocycles. The maximum Gasteiger partial charge on any atom is 0.175 e. The summed E-state index contributed by atoms with van der Waals surface area (Å²) in [6.07, 6.45) is 1.50. The van der Waals surface area contributed by atoms with E-state index < -0.39 is 29.1 Å². The zero-order valence-corrected chi connectivity index (χ0v) is 19.7. The van der Waals surface area contributed by atoms with Crippen LogP contribution >= 0.6 is 0 Å². The molecule has 5 rings (SSSR count). The zero-order valence-electron chi connectivity index (χ0n) is 19.7. The quantitative estimate of drug-likeness (QED) is 0.178. The molecule has 4 aromatic carbocycles. The molecule has 180 valence electrons. The van der Waals surface area contributed by atoms with Gasteiger partial charge in [0.1, 0.15) is 5.82 Å². The fourth-order valence-corrected chi connectivity index (χ4v) is 4.63. The van der Waals surface area contributed by atoms with Crippen LogP contribution in [0.4, 0.5) is 22.0 Å². The SMILES string of the molecule is CCc1ccc(C#Cc2cc3c(c(F)c2F)-c2c(cc(-c4ccc(CC)cc4F)c(F)c2F)C3)cc1. The van der Waals surface area contributed by atoms with Crippen molar-refractivity contribution >= 4 is 0 Å². The van der Waals surface area contributed by atoms with Crippen LogP contribution in [0.25, 0.3) is 22.3 Å². The van der Waals surface area contributed by atoms with Crippen molar-refractivity contribution in [2.24, 2.45) is 0 Å². The summed E-state index contributed by atoms with van der Waals surface area (Å²) in [4.78, 5) is 0. The van der Waals surface area contributed by atoms with Gasteiger partial charge in [-0.05, 0) is 71.8 Å². The average Bonchev–Trinajstić information content (AvgIpc) is 3.26. The fraction of sp³-hybridized carbons (Fsp3) is 0.161. The van der Waals surface area contributed by atoms with E-state index in [-0.39, 0.29) is 39.8 Å². The minimum absolute atomic E-state index is 0.0423. The van der Waals surface area contributed by atoms with Gasteiger partial charge in [0.25, 0.3) is 0 Å². The van der Waals surface area contributed by atoms with E-state index in [1.54, 1.807) is 18.2 Å². The number of hydrogen-bond donors (Lipinski definition) is 0. The topological polar surface area (TPSA) is 0 Å². The summed E-state index contributed by atoms with van der Waals surface area (Å²) in [7, 11) is 0. The molecule has 0 aromatic heterocycles. The normalized spacial score (nSPS) is 11.6. The van der Waals surface area contributed by atoms with E-state index in [0.717, 1.165) is 17.5 Å². The Labute approximate surface area is 206 Å². The molecule has 0 radical (unpaired) electrons. The third-order valence-electron chi connectivity index (χ3n) is 6.64. The van der Waals surface area contributed by atoms with Crippen LogP contribution in [0.3, 0.4) is 0 Å². The summed E-state index contributed by atoms with van der Waals surface area (Å²) in [5, 5.41) is 0. The van der Waals surface area contributed by atoms with E-state index in [4.69, 9.17) is 0 Å². The van der Waals surface area contributed by atoms with Crippen LogP contribution in [0.5, 0.6) is 0 Å². The second-order valence-corrected chi connectivity index (χ2v) is 8.82. The van der Waals surface area contributed by atoms with Crippen LogP contribution in [-0.2, 0) is 19.3 Å². The first-order chi connectivity index (χ1) is 17.3. The first-order valence-corrected chi connectivity index (χ1v) is 11.7. The molecule has 0 atom stereocenters. The highest BCUT2D eigenvalue weighted by Crippen LogP contribution is 2.45. The molecule has 0 saturated heterocycles. The van der Waals surface area contributed by atoms with Gasteiger partial charge in [-0.3, -0.25) is 0 Å². The van der Waals surface area contributed by atoms with Crippen molar-refractivity contribution in [1.82, 2.24) is 0 Å². The van der Waals surface area contributed by atoms with Crippen LogP contribution in [0.1, 0.15) is 47.2 Å². The van der Waals surface area contributed by atoms with E-state index in [9.17, 15) is 8.78 Å². The maximum absolute atomic E-state index is 15.2. The van der Waals surface area contributed by atoms with Gasteiger partial charge in [0.2, 0.25) is 0 Å². The molecule has 0 unspecified atom stereocenters. The molecular formula is C31H21F5. The van der Waals surface area contributed by atoms with Crippen molar-refractivity contribution in [2.45, 2.75) is 33.1 Å². The van der Waals surface area contributed by atoms with Gasteiger partial charge < -0.3 is 0 Å². The Bertz CT molecular complexity index is 1570. The largest absolute Gasteiger partial charge is 0.206 e. The predicted molar refractivity (Wildman–Crippen MR) is 131 cm³/mol. The molecule has 0 aliphatic heterocycles. The highest BCUT2D eigenvalue weighted by atomic mass is 19.2. The number of halogens is 5. The van der Waals surface area contributed by atoms with Gasteiger partial charge >= 0.3 is 0 Å². The van der Waals surface area contributed by atoms with Crippen molar-refractivity contribution in [3.8, 4) is 34.1 Å². The van der Waals surface area contributed by atoms with Crippen molar-refractivity contribution in [2.75, 3.05) is 0 Å². The number of hydrogen-bond acceptors (Lipinski definition) is 0. The third kappa shape index (κ3) is 3.97. The number of aryl methyl sites for hydroxylation is 2. The van der Waals surface area contributed by atoms with Crippen molar-refractivity contribution in [1.29, 1.82) is 0 Å². The Balaban J connectivity index is 1.58. The number of rotatable bonds is 3. The first-order valence-electron chi connectivity index (χ1n) is 11.7. The summed E-state index contributed by atoms with van der Waals surface area (Å²) in [6.45, 7) is 3.88. The van der Waals surface area contributed by atoms with Gasteiger partial charge in [-0.2, -0.15) is 0 Å². The molecule has 0 saturated carbocycles. The van der Waals surface area contributed by atoms with Gasteiger partial charge in [0, 0.05) is 27.8 Å². The van der Waals surface area contributed by atoms with Gasteiger partial charge in [-0.15, -0.1) is 0 Å². The molecule has 36 heavy (non-hydrogen) atoms. The van der Waals surface area contributed by atoms with E-state index in [1.807, 2.05) is 26.0 Å². The Morgan fingerprint density at radius 3 is 1.86 bits per heavy atom. The lowest BCUT2D eigenvalue weighted by atomic mass is 9.96. The van der Waals surface area contributed by atoms with E-state index in [1.165, 1.54) is 24.3 Å². The van der Waals surface area contributed by atoms with E-state index in [0.29, 0.717) is 17.5 Å². The lowest BCUT2D eigenvalue weighted by molar-refractivity contribution is 0.501. The molecule has 5 heteroatoms. The van der Waals surface area contributed by atoms with Crippen LogP contribution in [0.15, 0.2) is 54.6 Å². The highest BCUT2D eigenvalue weighted by molar-refractivity contribution is 5.82. The van der Waals surface area contributed by atoms with Gasteiger partial charge in [-0.1, -0.05) is 50.0 Å².